The lowest BCUT2D eigenvalue weighted by molar-refractivity contribution is -0.134. The average molecular weight is 1250 g/mol. The predicted octanol–water partition coefficient (Wildman–Crippen LogP) is 1.21. The predicted molar refractivity (Wildman–Crippen MR) is 315 cm³/mol. The molecule has 6 rings (SSSR count). The van der Waals surface area contributed by atoms with Crippen LogP contribution in [0, 0.1) is 11.8 Å². The number of aromatic hydroxyl groups is 2. The second-order valence-corrected chi connectivity index (χ2v) is 23.1. The molecule has 4 aromatic carbocycles. The van der Waals surface area contributed by atoms with E-state index < -0.39 is 116 Å². The van der Waals surface area contributed by atoms with E-state index in [-0.39, 0.29) is 83.4 Å². The highest BCUT2D eigenvalue weighted by atomic mass is 32.1. The Morgan fingerprint density at radius 3 is 1.76 bits per heavy atom. The molecule has 5 atom stereocenters. The zero-order valence-electron chi connectivity index (χ0n) is 47.9. The van der Waals surface area contributed by atoms with Gasteiger partial charge in [-0.3, -0.25) is 48.1 Å². The summed E-state index contributed by atoms with van der Waals surface area (Å²) in [4.78, 5) is 138. The molecule has 0 saturated heterocycles. The van der Waals surface area contributed by atoms with Crippen molar-refractivity contribution in [3.8, 4) is 28.7 Å². The van der Waals surface area contributed by atoms with E-state index in [0.29, 0.717) is 47.3 Å². The summed E-state index contributed by atoms with van der Waals surface area (Å²) in [6.45, 7) is 5.83. The fourth-order valence-corrected chi connectivity index (χ4v) is 10.2. The van der Waals surface area contributed by atoms with Crippen molar-refractivity contribution in [3.05, 3.63) is 107 Å². The van der Waals surface area contributed by atoms with Crippen LogP contribution in [0.4, 0.5) is 5.69 Å². The van der Waals surface area contributed by atoms with E-state index in [4.69, 9.17) is 33.2 Å². The van der Waals surface area contributed by atoms with Crippen LogP contribution in [0.15, 0.2) is 78.9 Å². The highest BCUT2D eigenvalue weighted by molar-refractivity contribution is 7.80. The molecule has 0 aliphatic carbocycles. The summed E-state index contributed by atoms with van der Waals surface area (Å²) in [5, 5.41) is 51.2. The van der Waals surface area contributed by atoms with Crippen LogP contribution in [0.3, 0.4) is 0 Å². The van der Waals surface area contributed by atoms with Gasteiger partial charge < -0.3 is 83.3 Å². The zero-order chi connectivity index (χ0) is 63.9. The maximum absolute atomic E-state index is 14.3. The Bertz CT molecular complexity index is 3260. The Morgan fingerprint density at radius 2 is 1.21 bits per heavy atom. The van der Waals surface area contributed by atoms with Gasteiger partial charge in [-0.05, 0) is 110 Å². The molecule has 2 aliphatic rings. The summed E-state index contributed by atoms with van der Waals surface area (Å²) in [5.74, 6) is -7.77. The Balaban J connectivity index is 1.07. The zero-order valence-corrected chi connectivity index (χ0v) is 49.6. The molecule has 8 amide bonds. The van der Waals surface area contributed by atoms with Crippen molar-refractivity contribution in [1.82, 2.24) is 37.2 Å². The molecule has 30 heteroatoms. The molecule has 87 heavy (non-hydrogen) atoms. The average Bonchev–Trinajstić information content (AvgIpc) is 1.71. The largest absolute Gasteiger partial charge is 0.524 e. The van der Waals surface area contributed by atoms with Crippen LogP contribution in [0.2, 0.25) is 0 Å². The van der Waals surface area contributed by atoms with Crippen LogP contribution in [-0.2, 0) is 59.7 Å². The van der Waals surface area contributed by atoms with Gasteiger partial charge in [0.25, 0.3) is 0 Å². The quantitative estimate of drug-likeness (QED) is 0.0151. The number of carbonyl (C=O) groups excluding carboxylic acids is 9. The van der Waals surface area contributed by atoms with Crippen LogP contribution in [0.5, 0.6) is 28.7 Å². The van der Waals surface area contributed by atoms with Gasteiger partial charge in [-0.1, -0.05) is 45.9 Å². The molecule has 2 aliphatic heterocycles. The number of thiocarbonyl (C=S) groups is 1. The number of benzene rings is 4. The highest BCUT2D eigenvalue weighted by Gasteiger charge is 2.54. The number of nitrogens with two attached hydrogens (primary N) is 2. The van der Waals surface area contributed by atoms with Crippen molar-refractivity contribution in [1.29, 1.82) is 0 Å². The lowest BCUT2D eigenvalue weighted by atomic mass is 9.77. The fraction of sp³-hybridized carbons (Fsp3) is 0.404. The van der Waals surface area contributed by atoms with Crippen molar-refractivity contribution >= 4 is 84.1 Å². The van der Waals surface area contributed by atoms with Crippen molar-refractivity contribution in [3.63, 3.8) is 0 Å². The number of phosphoric ester groups is 1. The van der Waals surface area contributed by atoms with E-state index in [1.807, 2.05) is 0 Å². The van der Waals surface area contributed by atoms with Crippen LogP contribution in [0.25, 0.3) is 0 Å². The van der Waals surface area contributed by atoms with E-state index >= 15 is 0 Å². The number of aliphatic hydroxyl groups is 1. The van der Waals surface area contributed by atoms with Gasteiger partial charge in [-0.25, -0.2) is 9.36 Å². The number of phosphoric acid groups is 1. The minimum atomic E-state index is -4.96. The third-order valence-electron chi connectivity index (χ3n) is 13.7. The summed E-state index contributed by atoms with van der Waals surface area (Å²) >= 11 is 5.55. The molecule has 0 bridgehead atoms. The molecular formula is C57H71N10O18PS. The number of ether oxygens (including phenoxy) is 2. The Hall–Kier alpha value is -8.89. The van der Waals surface area contributed by atoms with Crippen LogP contribution in [0.1, 0.15) is 105 Å². The number of aliphatic hydroxyl groups excluding tert-OH is 1. The first-order valence-corrected chi connectivity index (χ1v) is 29.6. The summed E-state index contributed by atoms with van der Waals surface area (Å²) in [5.41, 5.74) is 11.6. The van der Waals surface area contributed by atoms with Gasteiger partial charge in [0.2, 0.25) is 47.3 Å². The number of phenolic OH excluding ortho intramolecular Hbond substituents is 2. The molecule has 0 aromatic heterocycles. The minimum absolute atomic E-state index is 0.0400. The van der Waals surface area contributed by atoms with E-state index in [9.17, 15) is 72.8 Å². The standard InChI is InChI=1S/C57H71N10O18PS/c1-29(2)21-41(63-48(72)7-5-6-20-60-56(87)62-32-10-15-37-36(24-32)55(79)84-57(37)38-16-11-33(69)25-45(38)83-46-26-34(70)12-17-39(46)57)52(76)66-43(23-31-8-13-35(14-9-31)85-86(80,81)82)54(78)65-40(18-19-47(58)71)51(75)61-27-49(73)64-42(22-30(3)4)53(77)67-44(28-68)50(59)74/h8-17,24-26,29-30,40-44,68-70H,5-7,18-23,27-28H2,1-4H3,(H2,58,71)(H2,59,74)(H,61,75)(H,63,72)(H,64,73)(H,65,78)(H,66,76)(H,67,77)(H2,60,62,87)(H2,80,81,82)/t40-,41-,42-,43-,44-/m0/s1. The summed E-state index contributed by atoms with van der Waals surface area (Å²) in [7, 11) is -4.96. The van der Waals surface area contributed by atoms with Crippen molar-refractivity contribution in [2.45, 2.75) is 115 Å². The normalized spacial score (nSPS) is 14.4. The van der Waals surface area contributed by atoms with Crippen LogP contribution >= 0.6 is 20.0 Å². The van der Waals surface area contributed by atoms with Crippen molar-refractivity contribution in [2.75, 3.05) is 25.0 Å². The number of nitrogens with one attached hydrogen (secondary N) is 8. The molecule has 0 unspecified atom stereocenters. The number of hydrogen-bond acceptors (Lipinski definition) is 17. The Kier molecular flexibility index (Phi) is 23.2. The van der Waals surface area contributed by atoms with Crippen LogP contribution in [-0.4, -0.2) is 133 Å². The third kappa shape index (κ3) is 18.8. The van der Waals surface area contributed by atoms with Gasteiger partial charge in [0.05, 0.1) is 18.7 Å². The summed E-state index contributed by atoms with van der Waals surface area (Å²) in [6, 6.07) is 12.0. The lowest BCUT2D eigenvalue weighted by Crippen LogP contribution is -2.58. The van der Waals surface area contributed by atoms with E-state index in [1.165, 1.54) is 48.5 Å². The van der Waals surface area contributed by atoms with Gasteiger partial charge in [-0.2, -0.15) is 0 Å². The van der Waals surface area contributed by atoms with Gasteiger partial charge in [0.1, 0.15) is 59.0 Å². The molecule has 0 fully saturated rings. The monoisotopic (exact) mass is 1250 g/mol. The van der Waals surface area contributed by atoms with Gasteiger partial charge in [0.15, 0.2) is 10.7 Å². The number of carbonyl (C=O) groups is 9. The molecule has 468 valence electrons. The lowest BCUT2D eigenvalue weighted by Gasteiger charge is -2.36. The van der Waals surface area contributed by atoms with Crippen LogP contribution < -0.4 is 63.3 Å². The smallest absolute Gasteiger partial charge is 0.508 e. The number of phenols is 2. The maximum Gasteiger partial charge on any atom is 0.524 e. The minimum Gasteiger partial charge on any atom is -0.508 e. The number of unbranched alkanes of at least 4 members (excludes halogenated alkanes) is 1. The van der Waals surface area contributed by atoms with E-state index in [2.05, 4.69) is 47.1 Å². The first-order chi connectivity index (χ1) is 41.0. The number of fused-ring (bicyclic) bond motifs is 6. The number of hydrogen-bond donors (Lipinski definition) is 15. The molecule has 28 nitrogen and oxygen atoms in total. The summed E-state index contributed by atoms with van der Waals surface area (Å²) < 4.78 is 28.3. The Labute approximate surface area is 504 Å². The second-order valence-electron chi connectivity index (χ2n) is 21.6. The first-order valence-electron chi connectivity index (χ1n) is 27.6. The molecule has 17 N–H and O–H groups in total. The molecular weight excluding hydrogens is 1180 g/mol. The van der Waals surface area contributed by atoms with E-state index in [1.54, 1.807) is 58.0 Å². The highest BCUT2D eigenvalue weighted by Crippen LogP contribution is 2.57. The van der Waals surface area contributed by atoms with Gasteiger partial charge in [-0.15, -0.1) is 0 Å². The fourth-order valence-electron chi connectivity index (χ4n) is 9.63. The molecule has 1 spiro atoms. The topological polar surface area (TPSA) is 448 Å². The first kappa shape index (κ1) is 67.2. The second kappa shape index (κ2) is 30.0. The molecule has 4 aromatic rings. The van der Waals surface area contributed by atoms with Crippen molar-refractivity contribution in [2.24, 2.45) is 23.3 Å². The molecule has 2 heterocycles. The Morgan fingerprint density at radius 1 is 0.655 bits per heavy atom. The van der Waals surface area contributed by atoms with Gasteiger partial charge in [0, 0.05) is 60.3 Å². The number of esters is 1. The molecule has 0 saturated carbocycles. The number of rotatable bonds is 30. The number of amides is 8. The van der Waals surface area contributed by atoms with Gasteiger partial charge >= 0.3 is 13.8 Å². The van der Waals surface area contributed by atoms with E-state index in [0.717, 1.165) is 0 Å². The maximum atomic E-state index is 14.3. The van der Waals surface area contributed by atoms with Crippen molar-refractivity contribution < 1.29 is 86.8 Å². The number of primary amides is 2. The number of anilines is 1. The third-order valence-corrected chi connectivity index (χ3v) is 14.4. The summed E-state index contributed by atoms with van der Waals surface area (Å²) in [6.07, 6.45) is -0.247. The SMILES string of the molecule is CC(C)C[C@H](NC(=O)CNC(=O)[C@H](CCC(N)=O)NC(=O)[C@H](Cc1ccc(OP(=O)(O)O)cc1)NC(=O)[C@H](CC(C)C)NC(=O)CCCCNC(=S)Nc1ccc2c(c1)C(=O)OC21c2ccc(O)cc2Oc2cc(O)ccc21)C(=O)N[C@@H](CO)C(N)=O. The molecule has 0 radical (unpaired) electrons.